The molecule has 1 saturated heterocycles. The molecule has 0 unspecified atom stereocenters. The van der Waals surface area contributed by atoms with Gasteiger partial charge in [0, 0.05) is 6.07 Å². The highest BCUT2D eigenvalue weighted by atomic mass is 16.2. The van der Waals surface area contributed by atoms with Gasteiger partial charge in [-0.2, -0.15) is 5.10 Å². The fraction of sp³-hybridized carbons (Fsp3) is 0.524. The van der Waals surface area contributed by atoms with Crippen LogP contribution in [0, 0.1) is 12.8 Å². The molecule has 2 N–H and O–H groups in total. The molecule has 1 amide bonds. The van der Waals surface area contributed by atoms with E-state index in [9.17, 15) is 4.79 Å². The zero-order chi connectivity index (χ0) is 19.1. The zero-order valence-electron chi connectivity index (χ0n) is 16.4. The van der Waals surface area contributed by atoms with Crippen LogP contribution >= 0.6 is 0 Å². The van der Waals surface area contributed by atoms with Crippen molar-refractivity contribution in [3.05, 3.63) is 47.7 Å². The molecule has 0 saturated carbocycles. The summed E-state index contributed by atoms with van der Waals surface area (Å²) < 4.78 is 1.84. The van der Waals surface area contributed by atoms with E-state index in [1.807, 2.05) is 23.9 Å². The Morgan fingerprint density at radius 2 is 2.07 bits per heavy atom. The van der Waals surface area contributed by atoms with Crippen molar-refractivity contribution < 1.29 is 4.79 Å². The van der Waals surface area contributed by atoms with Gasteiger partial charge in [-0.05, 0) is 64.3 Å². The first kappa shape index (κ1) is 19.6. The lowest BCUT2D eigenvalue weighted by Crippen LogP contribution is -2.39. The maximum absolute atomic E-state index is 12.5. The molecular weight excluding hydrogens is 338 g/mol. The molecule has 27 heavy (non-hydrogen) atoms. The fourth-order valence-corrected chi connectivity index (χ4v) is 3.72. The molecule has 1 aromatic carbocycles. The minimum Gasteiger partial charge on any atom is -0.320 e. The fourth-order valence-electron chi connectivity index (χ4n) is 3.72. The zero-order valence-corrected chi connectivity index (χ0v) is 16.4. The maximum Gasteiger partial charge on any atom is 0.239 e. The number of amides is 1. The summed E-state index contributed by atoms with van der Waals surface area (Å²) in [4.78, 5) is 14.7. The molecule has 0 radical (unpaired) electrons. The van der Waals surface area contributed by atoms with Gasteiger partial charge in [0.1, 0.15) is 5.82 Å². The molecule has 146 valence electrons. The molecule has 1 fully saturated rings. The summed E-state index contributed by atoms with van der Waals surface area (Å²) in [5, 5.41) is 10.6. The van der Waals surface area contributed by atoms with Gasteiger partial charge in [0.25, 0.3) is 0 Å². The number of carbonyl (C=O) groups excluding carboxylic acids is 1. The number of likely N-dealkylation sites (tertiary alicyclic amines) is 1. The lowest BCUT2D eigenvalue weighted by Gasteiger charge is -2.31. The Kier molecular flexibility index (Phi) is 7.01. The van der Waals surface area contributed by atoms with E-state index in [-0.39, 0.29) is 5.91 Å². The number of nitrogens with zero attached hydrogens (tertiary/aromatic N) is 3. The lowest BCUT2D eigenvalue weighted by molar-refractivity contribution is -0.117. The van der Waals surface area contributed by atoms with Gasteiger partial charge >= 0.3 is 0 Å². The first-order chi connectivity index (χ1) is 13.1. The minimum absolute atomic E-state index is 0.0367. The lowest BCUT2D eigenvalue weighted by atomic mass is 9.93. The Morgan fingerprint density at radius 3 is 2.81 bits per heavy atom. The Bertz CT molecular complexity index is 734. The molecule has 1 aliphatic heterocycles. The van der Waals surface area contributed by atoms with Crippen molar-refractivity contribution in [3.63, 3.8) is 0 Å². The van der Waals surface area contributed by atoms with Gasteiger partial charge in [-0.25, -0.2) is 4.68 Å². The molecule has 0 aliphatic carbocycles. The normalized spacial score (nSPS) is 15.8. The van der Waals surface area contributed by atoms with Gasteiger partial charge in [-0.1, -0.05) is 29.8 Å². The summed E-state index contributed by atoms with van der Waals surface area (Å²) in [6, 6.07) is 10.2. The van der Waals surface area contributed by atoms with Gasteiger partial charge in [-0.3, -0.25) is 9.69 Å². The van der Waals surface area contributed by atoms with Crippen molar-refractivity contribution >= 4 is 11.7 Å². The smallest absolute Gasteiger partial charge is 0.239 e. The molecule has 6 heteroatoms. The third kappa shape index (κ3) is 5.91. The molecule has 0 atom stereocenters. The number of hydrogen-bond donors (Lipinski definition) is 2. The number of rotatable bonds is 8. The summed E-state index contributed by atoms with van der Waals surface area (Å²) in [5.41, 5.74) is 2.40. The molecule has 3 rings (SSSR count). The molecule has 6 nitrogen and oxygen atoms in total. The van der Waals surface area contributed by atoms with Gasteiger partial charge in [0.15, 0.2) is 0 Å². The van der Waals surface area contributed by atoms with E-state index in [1.165, 1.54) is 30.4 Å². The second kappa shape index (κ2) is 9.67. The second-order valence-corrected chi connectivity index (χ2v) is 7.52. The molecule has 1 aliphatic rings. The largest absolute Gasteiger partial charge is 0.320 e. The molecular formula is C21H31N5O. The van der Waals surface area contributed by atoms with Crippen LogP contribution in [-0.4, -0.2) is 53.8 Å². The number of benzene rings is 1. The van der Waals surface area contributed by atoms with Crippen LogP contribution in [0.3, 0.4) is 0 Å². The van der Waals surface area contributed by atoms with Crippen LogP contribution in [0.25, 0.3) is 0 Å². The van der Waals surface area contributed by atoms with Crippen LogP contribution in [-0.2, 0) is 11.3 Å². The Balaban J connectivity index is 1.48. The Morgan fingerprint density at radius 1 is 1.26 bits per heavy atom. The van der Waals surface area contributed by atoms with Gasteiger partial charge < -0.3 is 10.6 Å². The minimum atomic E-state index is 0.0367. The average molecular weight is 370 g/mol. The topological polar surface area (TPSA) is 62.2 Å². The molecule has 2 aromatic rings. The van der Waals surface area contributed by atoms with Crippen LogP contribution in [0.15, 0.2) is 36.5 Å². The third-order valence-electron chi connectivity index (χ3n) is 5.28. The third-order valence-corrected chi connectivity index (χ3v) is 5.28. The van der Waals surface area contributed by atoms with E-state index < -0.39 is 0 Å². The van der Waals surface area contributed by atoms with Crippen molar-refractivity contribution in [2.75, 3.05) is 38.5 Å². The highest BCUT2D eigenvalue weighted by molar-refractivity contribution is 5.91. The van der Waals surface area contributed by atoms with E-state index in [4.69, 9.17) is 0 Å². The van der Waals surface area contributed by atoms with E-state index >= 15 is 0 Å². The van der Waals surface area contributed by atoms with Crippen molar-refractivity contribution in [1.82, 2.24) is 20.0 Å². The predicted octanol–water partition coefficient (Wildman–Crippen LogP) is 2.50. The van der Waals surface area contributed by atoms with Gasteiger partial charge in [0.2, 0.25) is 5.91 Å². The van der Waals surface area contributed by atoms with Crippen LogP contribution in [0.4, 0.5) is 5.82 Å². The summed E-state index contributed by atoms with van der Waals surface area (Å²) in [6.07, 6.45) is 5.33. The van der Waals surface area contributed by atoms with E-state index in [0.717, 1.165) is 31.4 Å². The highest BCUT2D eigenvalue weighted by Crippen LogP contribution is 2.20. The number of aromatic nitrogens is 2. The first-order valence-corrected chi connectivity index (χ1v) is 9.88. The van der Waals surface area contributed by atoms with Crippen LogP contribution in [0.5, 0.6) is 0 Å². The van der Waals surface area contributed by atoms with E-state index in [0.29, 0.717) is 13.1 Å². The highest BCUT2D eigenvalue weighted by Gasteiger charge is 2.20. The second-order valence-electron chi connectivity index (χ2n) is 7.52. The quantitative estimate of drug-likeness (QED) is 0.751. The van der Waals surface area contributed by atoms with Gasteiger partial charge in [-0.15, -0.1) is 0 Å². The molecule has 1 aromatic heterocycles. The van der Waals surface area contributed by atoms with Crippen molar-refractivity contribution in [2.24, 2.45) is 5.92 Å². The Hall–Kier alpha value is -2.18. The van der Waals surface area contributed by atoms with Crippen molar-refractivity contribution in [3.8, 4) is 0 Å². The first-order valence-electron chi connectivity index (χ1n) is 9.88. The average Bonchev–Trinajstić information content (AvgIpc) is 3.07. The summed E-state index contributed by atoms with van der Waals surface area (Å²) in [5.74, 6) is 1.58. The van der Waals surface area contributed by atoms with Crippen molar-refractivity contribution in [2.45, 2.75) is 32.7 Å². The maximum atomic E-state index is 12.5. The van der Waals surface area contributed by atoms with Crippen LogP contribution in [0.1, 0.15) is 30.4 Å². The Labute approximate surface area is 161 Å². The molecule has 2 heterocycles. The molecule has 0 spiro atoms. The SMILES string of the molecule is CNCCC1CCN(CC(=O)Nc2ccnn2Cc2cccc(C)c2)CC1. The number of aryl methyl sites for hydroxylation is 1. The number of piperidine rings is 1. The van der Waals surface area contributed by atoms with Gasteiger partial charge in [0.05, 0.1) is 19.3 Å². The van der Waals surface area contributed by atoms with Crippen LogP contribution in [0.2, 0.25) is 0 Å². The summed E-state index contributed by atoms with van der Waals surface area (Å²) >= 11 is 0. The van der Waals surface area contributed by atoms with Crippen molar-refractivity contribution in [1.29, 1.82) is 0 Å². The molecule has 0 bridgehead atoms. The van der Waals surface area contributed by atoms with E-state index in [2.05, 4.69) is 45.8 Å². The predicted molar refractivity (Wildman–Crippen MR) is 109 cm³/mol. The van der Waals surface area contributed by atoms with E-state index in [1.54, 1.807) is 6.20 Å². The number of carbonyl (C=O) groups is 1. The number of anilines is 1. The monoisotopic (exact) mass is 369 g/mol. The van der Waals surface area contributed by atoms with Crippen LogP contribution < -0.4 is 10.6 Å². The standard InChI is InChI=1S/C21H31N5O/c1-17-4-3-5-19(14-17)15-26-20(7-11-23-26)24-21(27)16-25-12-8-18(9-13-25)6-10-22-2/h3-5,7,11,14,18,22H,6,8-10,12-13,15-16H2,1-2H3,(H,24,27). The summed E-state index contributed by atoms with van der Waals surface area (Å²) in [6.45, 7) is 6.28. The number of hydrogen-bond acceptors (Lipinski definition) is 4. The summed E-state index contributed by atoms with van der Waals surface area (Å²) in [7, 11) is 2.00. The number of nitrogens with one attached hydrogen (secondary N) is 2.